The molecule has 1 rings (SSSR count). The Hall–Kier alpha value is -1.30. The molecule has 3 N–H and O–H groups in total. The summed E-state index contributed by atoms with van der Waals surface area (Å²) in [5, 5.41) is 11.9. The summed E-state index contributed by atoms with van der Waals surface area (Å²) >= 11 is 0. The molecule has 1 heterocycles. The van der Waals surface area contributed by atoms with Gasteiger partial charge in [-0.1, -0.05) is 25.9 Å². The van der Waals surface area contributed by atoms with Crippen LogP contribution in [0.2, 0.25) is 0 Å². The summed E-state index contributed by atoms with van der Waals surface area (Å²) in [5.74, 6) is 0.372. The topological polar surface area (TPSA) is 82.2 Å². The molecular formula is C13H26N4O2. The predicted octanol–water partition coefficient (Wildman–Crippen LogP) is 0.702. The quantitative estimate of drug-likeness (QED) is 0.335. The number of oxime groups is 1. The molecule has 0 unspecified atom stereocenters. The molecule has 0 aromatic heterocycles. The summed E-state index contributed by atoms with van der Waals surface area (Å²) < 4.78 is 0. The largest absolute Gasteiger partial charge is 0.409 e. The lowest BCUT2D eigenvalue weighted by Gasteiger charge is -2.44. The van der Waals surface area contributed by atoms with Gasteiger partial charge in [-0.15, -0.1) is 0 Å². The Morgan fingerprint density at radius 1 is 1.11 bits per heavy atom. The SMILES string of the molecule is CC(C)(C)C(=O)N1CCN(C(C)(C)C(N)=NO)CC1. The number of carbonyl (C=O) groups excluding carboxylic acids is 1. The first kappa shape index (κ1) is 15.8. The normalized spacial score (nSPS) is 19.6. The Morgan fingerprint density at radius 3 is 1.95 bits per heavy atom. The van der Waals surface area contributed by atoms with Crippen LogP contribution in [0.1, 0.15) is 34.6 Å². The molecule has 19 heavy (non-hydrogen) atoms. The number of amidine groups is 1. The molecule has 0 aromatic carbocycles. The highest BCUT2D eigenvalue weighted by Crippen LogP contribution is 2.21. The smallest absolute Gasteiger partial charge is 0.228 e. The molecule has 1 aliphatic rings. The molecule has 1 aliphatic heterocycles. The number of hydrogen-bond acceptors (Lipinski definition) is 4. The van der Waals surface area contributed by atoms with Crippen molar-refractivity contribution in [3.63, 3.8) is 0 Å². The minimum absolute atomic E-state index is 0.175. The van der Waals surface area contributed by atoms with Gasteiger partial charge in [0.15, 0.2) is 5.84 Å². The molecular weight excluding hydrogens is 244 g/mol. The molecule has 1 saturated heterocycles. The number of nitrogens with two attached hydrogens (primary N) is 1. The summed E-state index contributed by atoms with van der Waals surface area (Å²) in [7, 11) is 0. The van der Waals surface area contributed by atoms with Crippen LogP contribution in [0.25, 0.3) is 0 Å². The Balaban J connectivity index is 2.66. The van der Waals surface area contributed by atoms with E-state index in [9.17, 15) is 4.79 Å². The van der Waals surface area contributed by atoms with Crippen molar-refractivity contribution in [3.8, 4) is 0 Å². The maximum atomic E-state index is 12.2. The van der Waals surface area contributed by atoms with Crippen molar-refractivity contribution in [2.45, 2.75) is 40.2 Å². The molecule has 0 bridgehead atoms. The number of piperazine rings is 1. The van der Waals surface area contributed by atoms with Crippen molar-refractivity contribution in [3.05, 3.63) is 0 Å². The number of rotatable bonds is 2. The van der Waals surface area contributed by atoms with Crippen LogP contribution in [0.5, 0.6) is 0 Å². The van der Waals surface area contributed by atoms with Gasteiger partial charge in [0.25, 0.3) is 0 Å². The first-order valence-corrected chi connectivity index (χ1v) is 6.63. The van der Waals surface area contributed by atoms with Crippen molar-refractivity contribution in [2.24, 2.45) is 16.3 Å². The fraction of sp³-hybridized carbons (Fsp3) is 0.846. The van der Waals surface area contributed by atoms with Crippen LogP contribution in [0.4, 0.5) is 0 Å². The van der Waals surface area contributed by atoms with Crippen LogP contribution >= 0.6 is 0 Å². The highest BCUT2D eigenvalue weighted by Gasteiger charge is 2.36. The summed E-state index contributed by atoms with van der Waals surface area (Å²) in [5.41, 5.74) is 4.88. The molecule has 1 amide bonds. The second-order valence-corrected chi connectivity index (χ2v) is 6.57. The van der Waals surface area contributed by atoms with Crippen molar-refractivity contribution in [2.75, 3.05) is 26.2 Å². The van der Waals surface area contributed by atoms with E-state index in [1.165, 1.54) is 0 Å². The molecule has 1 fully saturated rings. The van der Waals surface area contributed by atoms with Crippen molar-refractivity contribution >= 4 is 11.7 Å². The molecule has 0 atom stereocenters. The van der Waals surface area contributed by atoms with E-state index < -0.39 is 5.54 Å². The minimum atomic E-state index is -0.494. The summed E-state index contributed by atoms with van der Waals surface area (Å²) in [6.07, 6.45) is 0. The first-order chi connectivity index (χ1) is 8.60. The fourth-order valence-electron chi connectivity index (χ4n) is 2.23. The van der Waals surface area contributed by atoms with Gasteiger partial charge < -0.3 is 15.8 Å². The lowest BCUT2D eigenvalue weighted by molar-refractivity contribution is -0.141. The van der Waals surface area contributed by atoms with Gasteiger partial charge in [0.1, 0.15) is 0 Å². The van der Waals surface area contributed by atoms with Gasteiger partial charge in [-0.2, -0.15) is 0 Å². The fourth-order valence-corrected chi connectivity index (χ4v) is 2.23. The van der Waals surface area contributed by atoms with Gasteiger partial charge in [0, 0.05) is 31.6 Å². The summed E-state index contributed by atoms with van der Waals surface area (Å²) in [4.78, 5) is 16.2. The third-order valence-corrected chi connectivity index (χ3v) is 3.73. The van der Waals surface area contributed by atoms with Crippen LogP contribution in [-0.2, 0) is 4.79 Å². The summed E-state index contributed by atoms with van der Waals surface area (Å²) in [6, 6.07) is 0. The maximum Gasteiger partial charge on any atom is 0.228 e. The van der Waals surface area contributed by atoms with Crippen molar-refractivity contribution in [1.29, 1.82) is 0 Å². The van der Waals surface area contributed by atoms with E-state index in [4.69, 9.17) is 10.9 Å². The zero-order valence-electron chi connectivity index (χ0n) is 12.6. The average Bonchev–Trinajstić information content (AvgIpc) is 2.35. The van der Waals surface area contributed by atoms with Crippen LogP contribution < -0.4 is 5.73 Å². The Kier molecular flexibility index (Phi) is 4.45. The van der Waals surface area contributed by atoms with E-state index in [1.807, 2.05) is 39.5 Å². The Bertz CT molecular complexity index is 363. The molecule has 0 aliphatic carbocycles. The van der Waals surface area contributed by atoms with Crippen LogP contribution in [0.15, 0.2) is 5.16 Å². The third kappa shape index (κ3) is 3.37. The molecule has 0 aromatic rings. The molecule has 0 spiro atoms. The number of nitrogens with zero attached hydrogens (tertiary/aromatic N) is 3. The van der Waals surface area contributed by atoms with Gasteiger partial charge in [0.2, 0.25) is 5.91 Å². The Labute approximate surface area is 115 Å². The minimum Gasteiger partial charge on any atom is -0.409 e. The van der Waals surface area contributed by atoms with E-state index in [0.717, 1.165) is 13.1 Å². The van der Waals surface area contributed by atoms with Gasteiger partial charge in [0.05, 0.1) is 5.54 Å². The highest BCUT2D eigenvalue weighted by atomic mass is 16.4. The van der Waals surface area contributed by atoms with Crippen LogP contribution in [0, 0.1) is 5.41 Å². The van der Waals surface area contributed by atoms with Crippen LogP contribution in [-0.4, -0.2) is 58.5 Å². The van der Waals surface area contributed by atoms with Crippen molar-refractivity contribution < 1.29 is 10.0 Å². The lowest BCUT2D eigenvalue weighted by Crippen LogP contribution is -2.61. The number of hydrogen-bond donors (Lipinski definition) is 2. The molecule has 6 nitrogen and oxygen atoms in total. The second kappa shape index (κ2) is 5.36. The van der Waals surface area contributed by atoms with E-state index in [1.54, 1.807) is 0 Å². The predicted molar refractivity (Wildman–Crippen MR) is 75.1 cm³/mol. The van der Waals surface area contributed by atoms with Crippen molar-refractivity contribution in [1.82, 2.24) is 9.80 Å². The second-order valence-electron chi connectivity index (χ2n) is 6.57. The van der Waals surface area contributed by atoms with Gasteiger partial charge in [-0.3, -0.25) is 9.69 Å². The van der Waals surface area contributed by atoms with E-state index in [0.29, 0.717) is 13.1 Å². The first-order valence-electron chi connectivity index (χ1n) is 6.63. The third-order valence-electron chi connectivity index (χ3n) is 3.73. The zero-order chi connectivity index (χ0) is 14.8. The summed E-state index contributed by atoms with van der Waals surface area (Å²) in [6.45, 7) is 12.4. The molecule has 0 saturated carbocycles. The highest BCUT2D eigenvalue weighted by molar-refractivity contribution is 5.88. The molecule has 0 radical (unpaired) electrons. The number of amides is 1. The van der Waals surface area contributed by atoms with E-state index >= 15 is 0 Å². The number of carbonyl (C=O) groups is 1. The lowest BCUT2D eigenvalue weighted by atomic mass is 9.94. The standard InChI is InChI=1S/C13H26N4O2/c1-12(2,3)11(18)16-6-8-17(9-7-16)13(4,5)10(14)15-19/h19H,6-9H2,1-5H3,(H2,14,15). The average molecular weight is 270 g/mol. The van der Waals surface area contributed by atoms with E-state index in [-0.39, 0.29) is 17.2 Å². The monoisotopic (exact) mass is 270 g/mol. The van der Waals surface area contributed by atoms with Crippen LogP contribution in [0.3, 0.4) is 0 Å². The van der Waals surface area contributed by atoms with Gasteiger partial charge in [-0.05, 0) is 13.8 Å². The maximum absolute atomic E-state index is 12.2. The Morgan fingerprint density at radius 2 is 1.58 bits per heavy atom. The molecule has 110 valence electrons. The van der Waals surface area contributed by atoms with E-state index in [2.05, 4.69) is 10.1 Å². The molecule has 6 heteroatoms. The van der Waals surface area contributed by atoms with Gasteiger partial charge in [-0.25, -0.2) is 0 Å². The zero-order valence-corrected chi connectivity index (χ0v) is 12.6. The van der Waals surface area contributed by atoms with Gasteiger partial charge >= 0.3 is 0 Å².